The Bertz CT molecular complexity index is 455. The molecule has 1 aliphatic heterocycles. The van der Waals surface area contributed by atoms with E-state index in [9.17, 15) is 9.59 Å². The second kappa shape index (κ2) is 8.18. The van der Waals surface area contributed by atoms with Gasteiger partial charge in [-0.2, -0.15) is 0 Å². The molecule has 4 nitrogen and oxygen atoms in total. The van der Waals surface area contributed by atoms with Crippen LogP contribution in [-0.4, -0.2) is 56.4 Å². The molecule has 134 valence electrons. The Morgan fingerprint density at radius 1 is 0.957 bits per heavy atom. The van der Waals surface area contributed by atoms with Gasteiger partial charge in [0.05, 0.1) is 0 Å². The van der Waals surface area contributed by atoms with Crippen molar-refractivity contribution in [1.82, 2.24) is 9.80 Å². The lowest BCUT2D eigenvalue weighted by Gasteiger charge is -2.43. The molecule has 0 aromatic carbocycles. The lowest BCUT2D eigenvalue weighted by molar-refractivity contribution is -0.159. The molecular weight excluding hydrogens is 405 g/mol. The van der Waals surface area contributed by atoms with E-state index in [-0.39, 0.29) is 30.1 Å². The predicted octanol–water partition coefficient (Wildman–Crippen LogP) is 3.88. The average Bonchev–Trinajstić information content (AvgIpc) is 2.44. The zero-order chi connectivity index (χ0) is 18.1. The van der Waals surface area contributed by atoms with E-state index in [1.165, 1.54) is 9.80 Å². The maximum absolute atomic E-state index is 12.6. The van der Waals surface area contributed by atoms with Crippen LogP contribution in [0.4, 0.5) is 0 Å². The van der Waals surface area contributed by atoms with E-state index >= 15 is 0 Å². The van der Waals surface area contributed by atoms with Crippen molar-refractivity contribution < 1.29 is 9.59 Å². The number of alkyl halides is 5. The van der Waals surface area contributed by atoms with E-state index in [1.54, 1.807) is 21.0 Å². The van der Waals surface area contributed by atoms with Crippen molar-refractivity contribution in [3.63, 3.8) is 0 Å². The molecule has 0 bridgehead atoms. The van der Waals surface area contributed by atoms with Gasteiger partial charge in [0.15, 0.2) is 3.79 Å². The molecule has 0 radical (unpaired) electrons. The van der Waals surface area contributed by atoms with Crippen LogP contribution in [0.2, 0.25) is 0 Å². The van der Waals surface area contributed by atoms with E-state index in [4.69, 9.17) is 58.0 Å². The Morgan fingerprint density at radius 3 is 1.70 bits per heavy atom. The molecular formula is C14H21Cl5N2O2. The highest BCUT2D eigenvalue weighted by atomic mass is 35.6. The lowest BCUT2D eigenvalue weighted by Crippen LogP contribution is -2.63. The molecule has 1 heterocycles. The van der Waals surface area contributed by atoms with Gasteiger partial charge >= 0.3 is 0 Å². The highest BCUT2D eigenvalue weighted by Crippen LogP contribution is 2.38. The third-order valence-corrected chi connectivity index (χ3v) is 6.34. The molecule has 0 saturated carbocycles. The second-order valence-corrected chi connectivity index (χ2v) is 9.69. The first-order valence-corrected chi connectivity index (χ1v) is 9.26. The number of amides is 2. The maximum Gasteiger partial charge on any atom is 0.245 e. The van der Waals surface area contributed by atoms with Crippen LogP contribution in [0.25, 0.3) is 0 Å². The monoisotopic (exact) mass is 424 g/mol. The number of hydrogen-bond donors (Lipinski definition) is 0. The molecule has 1 fully saturated rings. The van der Waals surface area contributed by atoms with Crippen molar-refractivity contribution in [2.45, 2.75) is 47.4 Å². The number of likely N-dealkylation sites (N-methyl/N-ethyl adjacent to an activating group) is 2. The number of hydrogen-bond acceptors (Lipinski definition) is 2. The van der Waals surface area contributed by atoms with Gasteiger partial charge in [0.25, 0.3) is 0 Å². The summed E-state index contributed by atoms with van der Waals surface area (Å²) in [5.41, 5.74) is 0. The molecule has 1 saturated heterocycles. The van der Waals surface area contributed by atoms with Gasteiger partial charge in [-0.3, -0.25) is 9.59 Å². The summed E-state index contributed by atoms with van der Waals surface area (Å²) in [7, 11) is 3.20. The molecule has 0 aromatic rings. The smallest absolute Gasteiger partial charge is 0.245 e. The number of carbonyl (C=O) groups is 2. The second-order valence-electron chi connectivity index (χ2n) is 6.16. The molecule has 9 heteroatoms. The van der Waals surface area contributed by atoms with E-state index in [1.807, 2.05) is 6.92 Å². The quantitative estimate of drug-likeness (QED) is 0.626. The SMILES string of the molecule is C[C@H](C[C@@H]1C(=O)N(C)[C@H](C[C@H](C)C(Cl)(Cl)Cl)C(=O)N1C)C(Cl)Cl. The van der Waals surface area contributed by atoms with Crippen molar-refractivity contribution >= 4 is 69.8 Å². The minimum absolute atomic E-state index is 0.118. The molecule has 2 amide bonds. The summed E-state index contributed by atoms with van der Waals surface area (Å²) in [6, 6.07) is -1.23. The van der Waals surface area contributed by atoms with Gasteiger partial charge in [-0.05, 0) is 18.8 Å². The minimum atomic E-state index is -1.49. The Labute approximate surface area is 162 Å². The first kappa shape index (κ1) is 21.4. The highest BCUT2D eigenvalue weighted by Gasteiger charge is 2.45. The van der Waals surface area contributed by atoms with E-state index in [2.05, 4.69) is 0 Å². The number of carbonyl (C=O) groups excluding carboxylic acids is 2. The topological polar surface area (TPSA) is 40.6 Å². The fraction of sp³-hybridized carbons (Fsp3) is 0.857. The van der Waals surface area contributed by atoms with Gasteiger partial charge in [0.1, 0.15) is 16.9 Å². The van der Waals surface area contributed by atoms with Gasteiger partial charge in [-0.15, -0.1) is 23.2 Å². The molecule has 0 N–H and O–H groups in total. The van der Waals surface area contributed by atoms with Crippen LogP contribution < -0.4 is 0 Å². The van der Waals surface area contributed by atoms with Gasteiger partial charge in [0, 0.05) is 20.0 Å². The summed E-state index contributed by atoms with van der Waals surface area (Å²) in [6.07, 6.45) is 0.674. The van der Waals surface area contributed by atoms with Crippen LogP contribution in [0.3, 0.4) is 0 Å². The maximum atomic E-state index is 12.6. The predicted molar refractivity (Wildman–Crippen MR) is 96.5 cm³/mol. The third-order valence-electron chi connectivity index (χ3n) is 4.36. The van der Waals surface area contributed by atoms with Gasteiger partial charge < -0.3 is 9.80 Å². The first-order chi connectivity index (χ1) is 10.4. The highest BCUT2D eigenvalue weighted by molar-refractivity contribution is 6.67. The van der Waals surface area contributed by atoms with Gasteiger partial charge in [-0.1, -0.05) is 48.7 Å². The average molecular weight is 427 g/mol. The van der Waals surface area contributed by atoms with E-state index in [0.717, 1.165) is 0 Å². The van der Waals surface area contributed by atoms with Crippen molar-refractivity contribution in [1.29, 1.82) is 0 Å². The summed E-state index contributed by atoms with van der Waals surface area (Å²) in [5.74, 6) is -0.830. The van der Waals surface area contributed by atoms with Crippen LogP contribution in [0.1, 0.15) is 26.7 Å². The Morgan fingerprint density at radius 2 is 1.35 bits per heavy atom. The molecule has 0 spiro atoms. The summed E-state index contributed by atoms with van der Waals surface area (Å²) in [5, 5.41) is 0. The van der Waals surface area contributed by atoms with Crippen LogP contribution in [0.15, 0.2) is 0 Å². The van der Waals surface area contributed by atoms with Crippen molar-refractivity contribution in [2.75, 3.05) is 14.1 Å². The molecule has 1 aliphatic rings. The fourth-order valence-corrected chi connectivity index (χ4v) is 3.02. The number of nitrogens with zero attached hydrogens (tertiary/aromatic N) is 2. The Kier molecular flexibility index (Phi) is 7.62. The zero-order valence-corrected chi connectivity index (χ0v) is 17.2. The number of halogens is 5. The Balaban J connectivity index is 2.91. The van der Waals surface area contributed by atoms with Crippen molar-refractivity contribution in [3.8, 4) is 0 Å². The van der Waals surface area contributed by atoms with E-state index < -0.39 is 20.7 Å². The minimum Gasteiger partial charge on any atom is -0.332 e. The largest absolute Gasteiger partial charge is 0.332 e. The van der Waals surface area contributed by atoms with Crippen LogP contribution in [0, 0.1) is 11.8 Å². The van der Waals surface area contributed by atoms with Gasteiger partial charge in [-0.25, -0.2) is 0 Å². The van der Waals surface area contributed by atoms with Crippen LogP contribution >= 0.6 is 58.0 Å². The van der Waals surface area contributed by atoms with Crippen LogP contribution in [-0.2, 0) is 9.59 Å². The molecule has 0 aromatic heterocycles. The molecule has 0 aliphatic carbocycles. The molecule has 23 heavy (non-hydrogen) atoms. The molecule has 4 atom stereocenters. The zero-order valence-electron chi connectivity index (χ0n) is 13.4. The Hall–Kier alpha value is 0.390. The van der Waals surface area contributed by atoms with Crippen molar-refractivity contribution in [2.24, 2.45) is 11.8 Å². The van der Waals surface area contributed by atoms with Gasteiger partial charge in [0.2, 0.25) is 11.8 Å². The fourth-order valence-electron chi connectivity index (χ4n) is 2.55. The number of piperazine rings is 1. The van der Waals surface area contributed by atoms with Crippen LogP contribution in [0.5, 0.6) is 0 Å². The number of rotatable bonds is 5. The third kappa shape index (κ3) is 5.18. The van der Waals surface area contributed by atoms with E-state index in [0.29, 0.717) is 6.42 Å². The summed E-state index contributed by atoms with van der Waals surface area (Å²) >= 11 is 29.3. The molecule has 0 unspecified atom stereocenters. The summed E-state index contributed by atoms with van der Waals surface area (Å²) in [4.78, 5) is 27.6. The van der Waals surface area contributed by atoms with Crippen molar-refractivity contribution in [3.05, 3.63) is 0 Å². The normalized spacial score (nSPS) is 26.0. The standard InChI is InChI=1S/C14H21Cl5N2O2/c1-7(11(15)16)5-9-12(22)21(4)10(13(23)20(9)3)6-8(2)14(17,18)19/h7-11H,5-6H2,1-4H3/t7-,8+,9-,10-/m1/s1. The lowest BCUT2D eigenvalue weighted by atomic mass is 9.93. The summed E-state index contributed by atoms with van der Waals surface area (Å²) < 4.78 is -1.49. The first-order valence-electron chi connectivity index (χ1n) is 7.26. The molecule has 1 rings (SSSR count). The summed E-state index contributed by atoms with van der Waals surface area (Å²) in [6.45, 7) is 3.58.